The van der Waals surface area contributed by atoms with Crippen molar-refractivity contribution in [3.05, 3.63) is 24.3 Å². The Balaban J connectivity index is 0.00000192. The molecule has 128 valence electrons. The first-order chi connectivity index (χ1) is 10.7. The minimum atomic E-state index is -0.00236. The number of hydrogen-bond donors (Lipinski definition) is 2. The van der Waals surface area contributed by atoms with Crippen LogP contribution in [0.4, 0.5) is 5.69 Å². The SMILES string of the molecule is Cl.O=C(CC1CNCCO1)N1CCN(c2ccccc2O)CC1. The van der Waals surface area contributed by atoms with Crippen LogP contribution in [-0.4, -0.2) is 67.9 Å². The lowest BCUT2D eigenvalue weighted by Gasteiger charge is -2.37. The maximum absolute atomic E-state index is 12.3. The number of hydrogen-bond acceptors (Lipinski definition) is 5. The van der Waals surface area contributed by atoms with Crippen molar-refractivity contribution in [2.24, 2.45) is 0 Å². The highest BCUT2D eigenvalue weighted by Gasteiger charge is 2.25. The molecule has 1 amide bonds. The largest absolute Gasteiger partial charge is 0.506 e. The number of morpholine rings is 1. The van der Waals surface area contributed by atoms with Crippen molar-refractivity contribution in [2.45, 2.75) is 12.5 Å². The Kier molecular flexibility index (Phi) is 6.50. The molecule has 7 heteroatoms. The van der Waals surface area contributed by atoms with Crippen LogP contribution in [0.2, 0.25) is 0 Å². The predicted molar refractivity (Wildman–Crippen MR) is 91.4 cm³/mol. The van der Waals surface area contributed by atoms with E-state index in [9.17, 15) is 9.90 Å². The quantitative estimate of drug-likeness (QED) is 0.853. The number of phenols is 1. The highest BCUT2D eigenvalue weighted by Crippen LogP contribution is 2.27. The molecular formula is C16H24ClN3O3. The molecule has 6 nitrogen and oxygen atoms in total. The van der Waals surface area contributed by atoms with E-state index in [0.29, 0.717) is 31.9 Å². The molecule has 1 aromatic carbocycles. The molecule has 2 fully saturated rings. The number of amides is 1. The standard InChI is InChI=1S/C16H23N3O3.ClH/c20-15-4-2-1-3-14(15)18-6-8-19(9-7-18)16(21)11-13-12-17-5-10-22-13;/h1-4,13,17,20H,5-12H2;1H. The van der Waals surface area contributed by atoms with E-state index in [1.54, 1.807) is 6.07 Å². The lowest BCUT2D eigenvalue weighted by Crippen LogP contribution is -2.50. The van der Waals surface area contributed by atoms with Crippen molar-refractivity contribution in [3.8, 4) is 5.75 Å². The van der Waals surface area contributed by atoms with Gasteiger partial charge in [0.1, 0.15) is 5.75 Å². The summed E-state index contributed by atoms with van der Waals surface area (Å²) in [5.41, 5.74) is 0.842. The van der Waals surface area contributed by atoms with Crippen LogP contribution in [0.15, 0.2) is 24.3 Å². The Morgan fingerprint density at radius 3 is 2.65 bits per heavy atom. The number of rotatable bonds is 3. The fourth-order valence-corrected chi connectivity index (χ4v) is 3.00. The molecule has 23 heavy (non-hydrogen) atoms. The van der Waals surface area contributed by atoms with E-state index in [1.807, 2.05) is 23.1 Å². The van der Waals surface area contributed by atoms with Gasteiger partial charge in [-0.3, -0.25) is 4.79 Å². The van der Waals surface area contributed by atoms with Crippen molar-refractivity contribution >= 4 is 24.0 Å². The molecule has 1 unspecified atom stereocenters. The molecular weight excluding hydrogens is 318 g/mol. The molecule has 2 aliphatic heterocycles. The van der Waals surface area contributed by atoms with Crippen LogP contribution in [-0.2, 0) is 9.53 Å². The second kappa shape index (κ2) is 8.38. The summed E-state index contributed by atoms with van der Waals surface area (Å²) < 4.78 is 5.59. The van der Waals surface area contributed by atoms with Gasteiger partial charge in [0.05, 0.1) is 24.8 Å². The number of nitrogens with one attached hydrogen (secondary N) is 1. The highest BCUT2D eigenvalue weighted by molar-refractivity contribution is 5.85. The molecule has 2 heterocycles. The lowest BCUT2D eigenvalue weighted by atomic mass is 10.1. The number of para-hydroxylation sites is 2. The van der Waals surface area contributed by atoms with Crippen molar-refractivity contribution < 1.29 is 14.6 Å². The van der Waals surface area contributed by atoms with Gasteiger partial charge < -0.3 is 25.0 Å². The number of benzene rings is 1. The van der Waals surface area contributed by atoms with Gasteiger partial charge in [-0.25, -0.2) is 0 Å². The zero-order valence-corrected chi connectivity index (χ0v) is 13.9. The van der Waals surface area contributed by atoms with Crippen molar-refractivity contribution in [2.75, 3.05) is 50.8 Å². The third-order valence-electron chi connectivity index (χ3n) is 4.26. The first-order valence-corrected chi connectivity index (χ1v) is 7.87. The number of ether oxygens (including phenoxy) is 1. The first kappa shape index (κ1) is 17.8. The Labute approximate surface area is 142 Å². The van der Waals surface area contributed by atoms with E-state index >= 15 is 0 Å². The number of phenolic OH excluding ortho intramolecular Hbond substituents is 1. The number of anilines is 1. The maximum atomic E-state index is 12.3. The average Bonchev–Trinajstić information content (AvgIpc) is 2.56. The summed E-state index contributed by atoms with van der Waals surface area (Å²) in [6.07, 6.45) is 0.446. The van der Waals surface area contributed by atoms with Gasteiger partial charge in [-0.1, -0.05) is 12.1 Å². The summed E-state index contributed by atoms with van der Waals surface area (Å²) in [7, 11) is 0. The fourth-order valence-electron chi connectivity index (χ4n) is 3.00. The van der Waals surface area contributed by atoms with E-state index in [-0.39, 0.29) is 24.4 Å². The van der Waals surface area contributed by atoms with Gasteiger partial charge in [0.25, 0.3) is 0 Å². The van der Waals surface area contributed by atoms with E-state index < -0.39 is 0 Å². The summed E-state index contributed by atoms with van der Waals surface area (Å²) in [4.78, 5) is 16.3. The fraction of sp³-hybridized carbons (Fsp3) is 0.562. The molecule has 1 atom stereocenters. The molecule has 0 spiro atoms. The molecule has 0 aliphatic carbocycles. The predicted octanol–water partition coefficient (Wildman–Crippen LogP) is 0.841. The van der Waals surface area contributed by atoms with Crippen LogP contribution in [0, 0.1) is 0 Å². The number of aromatic hydroxyl groups is 1. The summed E-state index contributed by atoms with van der Waals surface area (Å²) in [5, 5.41) is 13.2. The normalized spacial score (nSPS) is 21.7. The van der Waals surface area contributed by atoms with Crippen LogP contribution in [0.3, 0.4) is 0 Å². The van der Waals surface area contributed by atoms with E-state index in [1.165, 1.54) is 0 Å². The van der Waals surface area contributed by atoms with E-state index in [4.69, 9.17) is 4.74 Å². The van der Waals surface area contributed by atoms with Gasteiger partial charge in [0.2, 0.25) is 5.91 Å². The topological polar surface area (TPSA) is 65.0 Å². The molecule has 3 rings (SSSR count). The summed E-state index contributed by atoms with van der Waals surface area (Å²) in [6, 6.07) is 7.34. The van der Waals surface area contributed by atoms with E-state index in [2.05, 4.69) is 10.2 Å². The van der Waals surface area contributed by atoms with Gasteiger partial charge in [-0.2, -0.15) is 0 Å². The minimum absolute atomic E-state index is 0. The smallest absolute Gasteiger partial charge is 0.225 e. The van der Waals surface area contributed by atoms with Crippen LogP contribution in [0.1, 0.15) is 6.42 Å². The molecule has 0 saturated carbocycles. The van der Waals surface area contributed by atoms with Gasteiger partial charge in [0, 0.05) is 39.3 Å². The third-order valence-corrected chi connectivity index (χ3v) is 4.26. The Morgan fingerprint density at radius 2 is 2.00 bits per heavy atom. The second-order valence-electron chi connectivity index (χ2n) is 5.76. The molecule has 1 aromatic rings. The van der Waals surface area contributed by atoms with Gasteiger partial charge >= 0.3 is 0 Å². The summed E-state index contributed by atoms with van der Waals surface area (Å²) in [6.45, 7) is 5.16. The summed E-state index contributed by atoms with van der Waals surface area (Å²) in [5.74, 6) is 0.453. The number of nitrogens with zero attached hydrogens (tertiary/aromatic N) is 2. The zero-order chi connectivity index (χ0) is 15.4. The Hall–Kier alpha value is -1.50. The number of carbonyl (C=O) groups is 1. The first-order valence-electron chi connectivity index (χ1n) is 7.87. The molecule has 2 aliphatic rings. The average molecular weight is 342 g/mol. The maximum Gasteiger partial charge on any atom is 0.225 e. The Morgan fingerprint density at radius 1 is 1.26 bits per heavy atom. The monoisotopic (exact) mass is 341 g/mol. The number of piperazine rings is 1. The van der Waals surface area contributed by atoms with E-state index in [0.717, 1.165) is 31.9 Å². The van der Waals surface area contributed by atoms with Crippen LogP contribution >= 0.6 is 12.4 Å². The highest BCUT2D eigenvalue weighted by atomic mass is 35.5. The van der Waals surface area contributed by atoms with Crippen LogP contribution < -0.4 is 10.2 Å². The molecule has 0 aromatic heterocycles. The van der Waals surface area contributed by atoms with Crippen molar-refractivity contribution in [1.29, 1.82) is 0 Å². The molecule has 2 N–H and O–H groups in total. The van der Waals surface area contributed by atoms with Crippen LogP contribution in [0.5, 0.6) is 5.75 Å². The number of carbonyl (C=O) groups excluding carboxylic acids is 1. The van der Waals surface area contributed by atoms with Gasteiger partial charge in [0.15, 0.2) is 0 Å². The van der Waals surface area contributed by atoms with Gasteiger partial charge in [-0.15, -0.1) is 12.4 Å². The molecule has 0 radical (unpaired) electrons. The van der Waals surface area contributed by atoms with Crippen molar-refractivity contribution in [1.82, 2.24) is 10.2 Å². The van der Waals surface area contributed by atoms with Crippen LogP contribution in [0.25, 0.3) is 0 Å². The van der Waals surface area contributed by atoms with Crippen molar-refractivity contribution in [3.63, 3.8) is 0 Å². The third kappa shape index (κ3) is 4.50. The molecule has 0 bridgehead atoms. The lowest BCUT2D eigenvalue weighted by molar-refractivity contribution is -0.135. The minimum Gasteiger partial charge on any atom is -0.506 e. The molecule has 2 saturated heterocycles. The zero-order valence-electron chi connectivity index (χ0n) is 13.1. The van der Waals surface area contributed by atoms with Gasteiger partial charge in [-0.05, 0) is 12.1 Å². The number of halogens is 1. The Bertz CT molecular complexity index is 515. The second-order valence-corrected chi connectivity index (χ2v) is 5.76. The summed E-state index contributed by atoms with van der Waals surface area (Å²) >= 11 is 0.